The average Bonchev–Trinajstić information content (AvgIpc) is 2.83. The zero-order chi connectivity index (χ0) is 13.1. The number of nitrogens with one attached hydrogen (secondary N) is 1. The van der Waals surface area contributed by atoms with Gasteiger partial charge in [0, 0.05) is 12.7 Å². The van der Waals surface area contributed by atoms with Gasteiger partial charge in [0.05, 0.1) is 16.8 Å². The van der Waals surface area contributed by atoms with Gasteiger partial charge in [-0.1, -0.05) is 17.7 Å². The van der Waals surface area contributed by atoms with Crippen molar-refractivity contribution in [2.75, 3.05) is 0 Å². The molecule has 0 amide bonds. The Morgan fingerprint density at radius 2 is 2.28 bits per heavy atom. The highest BCUT2D eigenvalue weighted by Crippen LogP contribution is 2.25. The molecule has 18 heavy (non-hydrogen) atoms. The Morgan fingerprint density at radius 3 is 2.89 bits per heavy atom. The van der Waals surface area contributed by atoms with Gasteiger partial charge >= 0.3 is 0 Å². The summed E-state index contributed by atoms with van der Waals surface area (Å²) in [5.41, 5.74) is 4.40. The minimum atomic E-state index is -0.444. The van der Waals surface area contributed by atoms with Crippen LogP contribution < -0.4 is 11.3 Å². The van der Waals surface area contributed by atoms with E-state index in [4.69, 9.17) is 17.4 Å². The molecule has 4 nitrogen and oxygen atoms in total. The monoisotopic (exact) mass is 268 g/mol. The maximum absolute atomic E-state index is 13.2. The average molecular weight is 269 g/mol. The van der Waals surface area contributed by atoms with E-state index in [1.54, 1.807) is 18.3 Å². The van der Waals surface area contributed by atoms with E-state index in [2.05, 4.69) is 10.5 Å². The Balaban J connectivity index is 2.42. The van der Waals surface area contributed by atoms with E-state index in [1.165, 1.54) is 6.07 Å². The maximum Gasteiger partial charge on any atom is 0.141 e. The lowest BCUT2D eigenvalue weighted by Crippen LogP contribution is -2.30. The van der Waals surface area contributed by atoms with Crippen molar-refractivity contribution in [2.45, 2.75) is 19.5 Å². The highest BCUT2D eigenvalue weighted by atomic mass is 35.5. The summed E-state index contributed by atoms with van der Waals surface area (Å²) < 4.78 is 15.0. The number of hydrogen-bond donors (Lipinski definition) is 2. The smallest absolute Gasteiger partial charge is 0.141 e. The SMILES string of the molecule is CCn1nccc1C(NN)c1ccc(F)c(Cl)c1. The summed E-state index contributed by atoms with van der Waals surface area (Å²) in [4.78, 5) is 0. The third-order valence-electron chi connectivity index (χ3n) is 2.79. The lowest BCUT2D eigenvalue weighted by molar-refractivity contribution is 0.542. The number of hydrogen-bond acceptors (Lipinski definition) is 3. The molecule has 96 valence electrons. The molecule has 1 heterocycles. The summed E-state index contributed by atoms with van der Waals surface area (Å²) >= 11 is 5.78. The topological polar surface area (TPSA) is 55.9 Å². The molecular formula is C12H14ClFN4. The number of aryl methyl sites for hydroxylation is 1. The van der Waals surface area contributed by atoms with Crippen LogP contribution in [-0.2, 0) is 6.54 Å². The van der Waals surface area contributed by atoms with Crippen LogP contribution in [0.4, 0.5) is 4.39 Å². The molecule has 0 radical (unpaired) electrons. The van der Waals surface area contributed by atoms with E-state index < -0.39 is 5.82 Å². The first-order chi connectivity index (χ1) is 8.67. The van der Waals surface area contributed by atoms with E-state index in [-0.39, 0.29) is 11.1 Å². The van der Waals surface area contributed by atoms with Crippen LogP contribution in [0.2, 0.25) is 5.02 Å². The largest absolute Gasteiger partial charge is 0.271 e. The molecular weight excluding hydrogens is 255 g/mol. The van der Waals surface area contributed by atoms with E-state index in [9.17, 15) is 4.39 Å². The molecule has 2 aromatic rings. The molecule has 1 aromatic heterocycles. The van der Waals surface area contributed by atoms with Crippen LogP contribution in [-0.4, -0.2) is 9.78 Å². The number of nitrogens with zero attached hydrogens (tertiary/aromatic N) is 2. The Hall–Kier alpha value is -1.43. The molecule has 1 unspecified atom stereocenters. The summed E-state index contributed by atoms with van der Waals surface area (Å²) in [7, 11) is 0. The lowest BCUT2D eigenvalue weighted by atomic mass is 10.0. The van der Waals surface area contributed by atoms with Gasteiger partial charge in [0.25, 0.3) is 0 Å². The summed E-state index contributed by atoms with van der Waals surface area (Å²) in [6.07, 6.45) is 1.70. The third-order valence-corrected chi connectivity index (χ3v) is 3.08. The van der Waals surface area contributed by atoms with Crippen molar-refractivity contribution in [1.82, 2.24) is 15.2 Å². The first-order valence-corrected chi connectivity index (χ1v) is 5.98. The van der Waals surface area contributed by atoms with Gasteiger partial charge < -0.3 is 0 Å². The molecule has 1 atom stereocenters. The van der Waals surface area contributed by atoms with Crippen LogP contribution in [0.3, 0.4) is 0 Å². The van der Waals surface area contributed by atoms with Crippen molar-refractivity contribution in [3.05, 3.63) is 52.6 Å². The van der Waals surface area contributed by atoms with Crippen molar-refractivity contribution in [3.8, 4) is 0 Å². The molecule has 0 spiro atoms. The van der Waals surface area contributed by atoms with Crippen LogP contribution in [0.15, 0.2) is 30.5 Å². The molecule has 1 aromatic carbocycles. The molecule has 0 bridgehead atoms. The van der Waals surface area contributed by atoms with E-state index in [1.807, 2.05) is 17.7 Å². The second-order valence-corrected chi connectivity index (χ2v) is 4.25. The third kappa shape index (κ3) is 2.38. The van der Waals surface area contributed by atoms with Crippen LogP contribution in [0, 0.1) is 5.82 Å². The molecule has 6 heteroatoms. The fourth-order valence-corrected chi connectivity index (χ4v) is 2.09. The number of hydrazine groups is 1. The number of nitrogens with two attached hydrogens (primary N) is 1. The Morgan fingerprint density at radius 1 is 1.50 bits per heavy atom. The predicted octanol–water partition coefficient (Wildman–Crippen LogP) is 2.25. The maximum atomic E-state index is 13.2. The second kappa shape index (κ2) is 5.48. The molecule has 2 rings (SSSR count). The molecule has 0 saturated heterocycles. The van der Waals surface area contributed by atoms with Crippen molar-refractivity contribution in [1.29, 1.82) is 0 Å². The predicted molar refractivity (Wildman–Crippen MR) is 68.5 cm³/mol. The van der Waals surface area contributed by atoms with Gasteiger partial charge in [0.2, 0.25) is 0 Å². The van der Waals surface area contributed by atoms with Crippen LogP contribution in [0.25, 0.3) is 0 Å². The first kappa shape index (κ1) is 13.0. The highest BCUT2D eigenvalue weighted by Gasteiger charge is 2.17. The highest BCUT2D eigenvalue weighted by molar-refractivity contribution is 6.30. The quantitative estimate of drug-likeness (QED) is 0.661. The molecule has 0 aliphatic rings. The van der Waals surface area contributed by atoms with Gasteiger partial charge in [-0.05, 0) is 30.7 Å². The van der Waals surface area contributed by atoms with Crippen LogP contribution in [0.1, 0.15) is 24.2 Å². The fourth-order valence-electron chi connectivity index (χ4n) is 1.90. The van der Waals surface area contributed by atoms with Crippen molar-refractivity contribution >= 4 is 11.6 Å². The number of rotatable bonds is 4. The number of benzene rings is 1. The molecule has 0 saturated carbocycles. The molecule has 0 aliphatic heterocycles. The van der Waals surface area contributed by atoms with Gasteiger partial charge in [-0.15, -0.1) is 0 Å². The fraction of sp³-hybridized carbons (Fsp3) is 0.250. The van der Waals surface area contributed by atoms with Gasteiger partial charge in [-0.25, -0.2) is 9.82 Å². The summed E-state index contributed by atoms with van der Waals surface area (Å²) in [6.45, 7) is 2.72. The zero-order valence-corrected chi connectivity index (χ0v) is 10.7. The van der Waals surface area contributed by atoms with E-state index in [0.29, 0.717) is 0 Å². The zero-order valence-electron chi connectivity index (χ0n) is 9.90. The van der Waals surface area contributed by atoms with Crippen LogP contribution in [0.5, 0.6) is 0 Å². The normalized spacial score (nSPS) is 12.7. The molecule has 3 N–H and O–H groups in total. The minimum absolute atomic E-state index is 0.0790. The Labute approximate surface area is 110 Å². The van der Waals surface area contributed by atoms with E-state index in [0.717, 1.165) is 17.8 Å². The lowest BCUT2D eigenvalue weighted by Gasteiger charge is -2.18. The Kier molecular flexibility index (Phi) is 3.96. The van der Waals surface area contributed by atoms with Crippen LogP contribution >= 0.6 is 11.6 Å². The summed E-state index contributed by atoms with van der Waals surface area (Å²) in [6, 6.07) is 6.14. The molecule has 0 aliphatic carbocycles. The summed E-state index contributed by atoms with van der Waals surface area (Å²) in [5, 5.41) is 4.26. The van der Waals surface area contributed by atoms with Gasteiger partial charge in [0.1, 0.15) is 5.82 Å². The van der Waals surface area contributed by atoms with Crippen molar-refractivity contribution in [2.24, 2.45) is 5.84 Å². The van der Waals surface area contributed by atoms with E-state index >= 15 is 0 Å². The number of aromatic nitrogens is 2. The molecule has 0 fully saturated rings. The Bertz CT molecular complexity index is 541. The van der Waals surface area contributed by atoms with Gasteiger partial charge in [0.15, 0.2) is 0 Å². The standard InChI is InChI=1S/C12H14ClFN4/c1-2-18-11(5-6-16-18)12(17-15)8-3-4-10(14)9(13)7-8/h3-7,12,17H,2,15H2,1H3. The summed E-state index contributed by atoms with van der Waals surface area (Å²) in [5.74, 6) is 5.14. The number of halogens is 2. The minimum Gasteiger partial charge on any atom is -0.271 e. The van der Waals surface area contributed by atoms with Crippen molar-refractivity contribution < 1.29 is 4.39 Å². The van der Waals surface area contributed by atoms with Crippen molar-refractivity contribution in [3.63, 3.8) is 0 Å². The van der Waals surface area contributed by atoms with Gasteiger partial charge in [-0.2, -0.15) is 5.10 Å². The second-order valence-electron chi connectivity index (χ2n) is 3.85. The van der Waals surface area contributed by atoms with Gasteiger partial charge in [-0.3, -0.25) is 10.5 Å². The first-order valence-electron chi connectivity index (χ1n) is 5.60.